The summed E-state index contributed by atoms with van der Waals surface area (Å²) in [5.41, 5.74) is 0. The van der Waals surface area contributed by atoms with Crippen molar-refractivity contribution in [2.75, 3.05) is 33.9 Å². The molecule has 0 aliphatic carbocycles. The summed E-state index contributed by atoms with van der Waals surface area (Å²) in [6, 6.07) is 3.10. The Hall–Kier alpha value is -0.930. The lowest BCUT2D eigenvalue weighted by Crippen LogP contribution is -2.35. The lowest BCUT2D eigenvalue weighted by Gasteiger charge is -2.14. The number of methoxy groups -OCH3 is 2. The second-order valence-electron chi connectivity index (χ2n) is 4.56. The predicted molar refractivity (Wildman–Crippen MR) is 78.6 cm³/mol. The molecule has 1 aromatic heterocycles. The molecule has 8 heteroatoms. The molecule has 0 aliphatic heterocycles. The van der Waals surface area contributed by atoms with Crippen LogP contribution in [-0.4, -0.2) is 48.4 Å². The Kier molecular flexibility index (Phi) is 7.91. The van der Waals surface area contributed by atoms with Gasteiger partial charge in [-0.25, -0.2) is 13.1 Å². The zero-order chi connectivity index (χ0) is 15.7. The summed E-state index contributed by atoms with van der Waals surface area (Å²) in [5.74, 6) is 0.587. The van der Waals surface area contributed by atoms with Crippen molar-refractivity contribution < 1.29 is 22.3 Å². The van der Waals surface area contributed by atoms with Gasteiger partial charge in [0.25, 0.3) is 10.0 Å². The predicted octanol–water partition coefficient (Wildman–Crippen LogP) is 0.719. The average Bonchev–Trinajstić information content (AvgIpc) is 2.93. The summed E-state index contributed by atoms with van der Waals surface area (Å²) in [5, 5.41) is 3.05. The second kappa shape index (κ2) is 9.16. The molecule has 1 aromatic rings. The summed E-state index contributed by atoms with van der Waals surface area (Å²) in [4.78, 5) is 0. The standard InChI is InChI=1S/C13H24N2O5S/c1-4-7-14-8-11-5-6-13(20-11)21(16,17)15-9-12(19-3)10-18-2/h5-6,12,14-15H,4,7-10H2,1-3H3. The topological polar surface area (TPSA) is 89.8 Å². The van der Waals surface area contributed by atoms with E-state index in [1.54, 1.807) is 6.07 Å². The van der Waals surface area contributed by atoms with Crippen molar-refractivity contribution in [2.45, 2.75) is 31.1 Å². The van der Waals surface area contributed by atoms with E-state index in [4.69, 9.17) is 13.9 Å². The van der Waals surface area contributed by atoms with E-state index in [0.29, 0.717) is 18.9 Å². The number of furan rings is 1. The van der Waals surface area contributed by atoms with Crippen LogP contribution in [0.3, 0.4) is 0 Å². The van der Waals surface area contributed by atoms with Crippen LogP contribution in [0.5, 0.6) is 0 Å². The molecular weight excluding hydrogens is 296 g/mol. The first-order valence-electron chi connectivity index (χ1n) is 6.84. The van der Waals surface area contributed by atoms with E-state index in [9.17, 15) is 8.42 Å². The van der Waals surface area contributed by atoms with Crippen LogP contribution in [-0.2, 0) is 26.0 Å². The van der Waals surface area contributed by atoms with Crippen LogP contribution in [0.25, 0.3) is 0 Å². The fraction of sp³-hybridized carbons (Fsp3) is 0.692. The molecule has 122 valence electrons. The zero-order valence-corrected chi connectivity index (χ0v) is 13.5. The molecule has 0 spiro atoms. The first kappa shape index (κ1) is 18.1. The van der Waals surface area contributed by atoms with Crippen molar-refractivity contribution in [1.29, 1.82) is 0 Å². The minimum Gasteiger partial charge on any atom is -0.447 e. The molecule has 1 heterocycles. The van der Waals surface area contributed by atoms with Crippen LogP contribution < -0.4 is 10.0 Å². The molecule has 0 saturated heterocycles. The maximum Gasteiger partial charge on any atom is 0.274 e. The fourth-order valence-corrected chi connectivity index (χ4v) is 2.67. The van der Waals surface area contributed by atoms with Gasteiger partial charge < -0.3 is 19.2 Å². The van der Waals surface area contributed by atoms with Gasteiger partial charge in [-0.2, -0.15) is 0 Å². The third kappa shape index (κ3) is 6.15. The van der Waals surface area contributed by atoms with E-state index in [-0.39, 0.29) is 17.7 Å². The van der Waals surface area contributed by atoms with Gasteiger partial charge in [0.15, 0.2) is 0 Å². The Morgan fingerprint density at radius 1 is 1.33 bits per heavy atom. The number of nitrogens with one attached hydrogen (secondary N) is 2. The molecule has 1 atom stereocenters. The van der Waals surface area contributed by atoms with E-state index in [0.717, 1.165) is 13.0 Å². The van der Waals surface area contributed by atoms with Crippen molar-refractivity contribution in [3.8, 4) is 0 Å². The second-order valence-corrected chi connectivity index (χ2v) is 6.26. The van der Waals surface area contributed by atoms with Crippen LogP contribution >= 0.6 is 0 Å². The molecule has 0 amide bonds. The highest BCUT2D eigenvalue weighted by Crippen LogP contribution is 2.13. The Bertz CT molecular complexity index is 500. The Morgan fingerprint density at radius 3 is 2.71 bits per heavy atom. The Labute approximate surface area is 126 Å². The minimum atomic E-state index is -3.67. The van der Waals surface area contributed by atoms with Crippen LogP contribution in [0.15, 0.2) is 21.6 Å². The molecule has 0 bridgehead atoms. The zero-order valence-electron chi connectivity index (χ0n) is 12.7. The smallest absolute Gasteiger partial charge is 0.274 e. The summed E-state index contributed by atoms with van der Waals surface area (Å²) in [6.45, 7) is 3.85. The van der Waals surface area contributed by atoms with Gasteiger partial charge in [0.2, 0.25) is 5.09 Å². The summed E-state index contributed by atoms with van der Waals surface area (Å²) in [7, 11) is -0.641. The van der Waals surface area contributed by atoms with Gasteiger partial charge in [0, 0.05) is 20.8 Å². The molecule has 1 unspecified atom stereocenters. The molecule has 21 heavy (non-hydrogen) atoms. The number of hydrogen-bond acceptors (Lipinski definition) is 6. The Balaban J connectivity index is 2.57. The molecule has 7 nitrogen and oxygen atoms in total. The van der Waals surface area contributed by atoms with Gasteiger partial charge in [-0.15, -0.1) is 0 Å². The first-order chi connectivity index (χ1) is 10.0. The lowest BCUT2D eigenvalue weighted by molar-refractivity contribution is 0.0319. The molecule has 1 rings (SSSR count). The lowest BCUT2D eigenvalue weighted by atomic mass is 10.4. The highest BCUT2D eigenvalue weighted by Gasteiger charge is 2.20. The van der Waals surface area contributed by atoms with Crippen molar-refractivity contribution in [2.24, 2.45) is 0 Å². The van der Waals surface area contributed by atoms with Crippen LogP contribution in [0, 0.1) is 0 Å². The van der Waals surface area contributed by atoms with E-state index < -0.39 is 10.0 Å². The first-order valence-corrected chi connectivity index (χ1v) is 8.32. The number of sulfonamides is 1. The molecular formula is C13H24N2O5S. The SMILES string of the molecule is CCCNCc1ccc(S(=O)(=O)NCC(COC)OC)o1. The van der Waals surface area contributed by atoms with Gasteiger partial charge in [0.1, 0.15) is 5.76 Å². The van der Waals surface area contributed by atoms with Crippen molar-refractivity contribution in [3.05, 3.63) is 17.9 Å². The normalized spacial score (nSPS) is 13.5. The number of rotatable bonds is 11. The highest BCUT2D eigenvalue weighted by molar-refractivity contribution is 7.89. The molecule has 0 saturated carbocycles. The van der Waals surface area contributed by atoms with E-state index >= 15 is 0 Å². The molecule has 0 fully saturated rings. The van der Waals surface area contributed by atoms with E-state index in [1.807, 2.05) is 0 Å². The maximum atomic E-state index is 12.1. The molecule has 0 aliphatic rings. The third-order valence-corrected chi connectivity index (χ3v) is 4.11. The Morgan fingerprint density at radius 2 is 2.10 bits per heavy atom. The van der Waals surface area contributed by atoms with Crippen molar-refractivity contribution in [3.63, 3.8) is 0 Å². The quantitative estimate of drug-likeness (QED) is 0.584. The molecule has 0 aromatic carbocycles. The van der Waals surface area contributed by atoms with Crippen LogP contribution in [0.4, 0.5) is 0 Å². The van der Waals surface area contributed by atoms with Gasteiger partial charge in [-0.3, -0.25) is 0 Å². The fourth-order valence-electron chi connectivity index (χ4n) is 1.66. The third-order valence-electron chi connectivity index (χ3n) is 2.81. The van der Waals surface area contributed by atoms with Gasteiger partial charge in [0.05, 0.1) is 19.3 Å². The molecule has 0 radical (unpaired) electrons. The minimum absolute atomic E-state index is 0.0944. The number of hydrogen-bond donors (Lipinski definition) is 2. The monoisotopic (exact) mass is 320 g/mol. The summed E-state index contributed by atoms with van der Waals surface area (Å²) in [6.07, 6.45) is 0.663. The van der Waals surface area contributed by atoms with E-state index in [2.05, 4.69) is 17.0 Å². The van der Waals surface area contributed by atoms with Crippen molar-refractivity contribution >= 4 is 10.0 Å². The van der Waals surface area contributed by atoms with E-state index in [1.165, 1.54) is 20.3 Å². The highest BCUT2D eigenvalue weighted by atomic mass is 32.2. The van der Waals surface area contributed by atoms with Gasteiger partial charge >= 0.3 is 0 Å². The van der Waals surface area contributed by atoms with Crippen molar-refractivity contribution in [1.82, 2.24) is 10.0 Å². The largest absolute Gasteiger partial charge is 0.447 e. The van der Waals surface area contributed by atoms with Crippen LogP contribution in [0.1, 0.15) is 19.1 Å². The van der Waals surface area contributed by atoms with Gasteiger partial charge in [-0.1, -0.05) is 6.92 Å². The average molecular weight is 320 g/mol. The summed E-state index contributed by atoms with van der Waals surface area (Å²) >= 11 is 0. The number of ether oxygens (including phenoxy) is 2. The van der Waals surface area contributed by atoms with Gasteiger partial charge in [-0.05, 0) is 25.1 Å². The molecule has 2 N–H and O–H groups in total. The summed E-state index contributed by atoms with van der Waals surface area (Å²) < 4.78 is 42.0. The van der Waals surface area contributed by atoms with Crippen LogP contribution in [0.2, 0.25) is 0 Å². The maximum absolute atomic E-state index is 12.1.